The number of aromatic nitrogens is 1. The van der Waals surface area contributed by atoms with Crippen LogP contribution in [-0.2, 0) is 9.47 Å². The minimum Gasteiger partial charge on any atom is -0.361 e. The van der Waals surface area contributed by atoms with Crippen LogP contribution < -0.4 is 0 Å². The number of hydrogen-bond acceptors (Lipinski definition) is 4. The molecule has 1 aromatic rings. The smallest absolute Gasteiger partial charge is 0.253 e. The van der Waals surface area contributed by atoms with Gasteiger partial charge in [0.25, 0.3) is 5.70 Å². The third-order valence-corrected chi connectivity index (χ3v) is 2.25. The molecular formula is C10H12N2O4. The number of hydrogen-bond donors (Lipinski definition) is 1. The highest BCUT2D eigenvalue weighted by atomic mass is 16.7. The van der Waals surface area contributed by atoms with Gasteiger partial charge in [0.05, 0.1) is 24.6 Å². The molecule has 1 fully saturated rings. The topological polar surface area (TPSA) is 77.4 Å². The maximum atomic E-state index is 10.8. The van der Waals surface area contributed by atoms with E-state index in [9.17, 15) is 10.1 Å². The lowest BCUT2D eigenvalue weighted by atomic mass is 10.2. The van der Waals surface area contributed by atoms with Crippen LogP contribution in [0, 0.1) is 10.1 Å². The first-order valence-corrected chi connectivity index (χ1v) is 4.97. The second-order valence-electron chi connectivity index (χ2n) is 3.39. The molecule has 0 amide bonds. The third kappa shape index (κ3) is 2.68. The van der Waals surface area contributed by atoms with Crippen molar-refractivity contribution < 1.29 is 14.4 Å². The van der Waals surface area contributed by atoms with Gasteiger partial charge in [-0.3, -0.25) is 10.1 Å². The van der Waals surface area contributed by atoms with E-state index in [1.165, 1.54) is 6.08 Å². The van der Waals surface area contributed by atoms with Crippen LogP contribution in [0.15, 0.2) is 24.0 Å². The van der Waals surface area contributed by atoms with E-state index in [0.29, 0.717) is 18.9 Å². The highest BCUT2D eigenvalue weighted by Crippen LogP contribution is 2.17. The van der Waals surface area contributed by atoms with Gasteiger partial charge in [-0.15, -0.1) is 0 Å². The zero-order valence-electron chi connectivity index (χ0n) is 8.59. The van der Waals surface area contributed by atoms with Gasteiger partial charge in [-0.25, -0.2) is 0 Å². The Morgan fingerprint density at radius 3 is 2.94 bits per heavy atom. The lowest BCUT2D eigenvalue weighted by Gasteiger charge is -2.06. The molecule has 0 spiro atoms. The molecule has 1 aliphatic rings. The van der Waals surface area contributed by atoms with Gasteiger partial charge in [0.2, 0.25) is 0 Å². The molecular weight excluding hydrogens is 212 g/mol. The van der Waals surface area contributed by atoms with E-state index in [4.69, 9.17) is 9.47 Å². The molecule has 1 saturated heterocycles. The number of aromatic amines is 1. The van der Waals surface area contributed by atoms with Crippen molar-refractivity contribution in [1.29, 1.82) is 0 Å². The number of H-pyrrole nitrogens is 1. The second kappa shape index (κ2) is 4.91. The SMILES string of the molecule is O=[N+]([O-])/C(=C/c1ccc[nH]1)CC1OCCO1. The van der Waals surface area contributed by atoms with Crippen molar-refractivity contribution >= 4 is 6.08 Å². The number of ether oxygens (including phenoxy) is 2. The van der Waals surface area contributed by atoms with Crippen molar-refractivity contribution in [3.05, 3.63) is 39.8 Å². The molecule has 2 rings (SSSR count). The van der Waals surface area contributed by atoms with Crippen molar-refractivity contribution in [3.8, 4) is 0 Å². The second-order valence-corrected chi connectivity index (χ2v) is 3.39. The van der Waals surface area contributed by atoms with E-state index in [-0.39, 0.29) is 12.1 Å². The molecule has 0 unspecified atom stereocenters. The molecule has 0 atom stereocenters. The van der Waals surface area contributed by atoms with Gasteiger partial charge in [0.1, 0.15) is 0 Å². The minimum atomic E-state index is -0.494. The Kier molecular flexibility index (Phi) is 3.33. The summed E-state index contributed by atoms with van der Waals surface area (Å²) in [6, 6.07) is 3.55. The normalized spacial score (nSPS) is 17.9. The van der Waals surface area contributed by atoms with Gasteiger partial charge < -0.3 is 14.5 Å². The fourth-order valence-corrected chi connectivity index (χ4v) is 1.50. The van der Waals surface area contributed by atoms with E-state index in [1.807, 2.05) is 0 Å². The lowest BCUT2D eigenvalue weighted by molar-refractivity contribution is -0.429. The van der Waals surface area contributed by atoms with Gasteiger partial charge in [0, 0.05) is 18.0 Å². The van der Waals surface area contributed by atoms with E-state index in [1.54, 1.807) is 18.3 Å². The molecule has 1 aromatic heterocycles. The van der Waals surface area contributed by atoms with Crippen molar-refractivity contribution in [2.24, 2.45) is 0 Å². The minimum absolute atomic E-state index is 0.0781. The number of rotatable bonds is 4. The molecule has 0 aliphatic carbocycles. The van der Waals surface area contributed by atoms with Gasteiger partial charge >= 0.3 is 0 Å². The molecule has 1 aliphatic heterocycles. The molecule has 0 radical (unpaired) electrons. The Bertz CT molecular complexity index is 380. The Labute approximate surface area is 92.0 Å². The van der Waals surface area contributed by atoms with E-state index >= 15 is 0 Å². The predicted molar refractivity (Wildman–Crippen MR) is 56.1 cm³/mol. The van der Waals surface area contributed by atoms with E-state index in [0.717, 1.165) is 0 Å². The van der Waals surface area contributed by atoms with E-state index in [2.05, 4.69) is 4.98 Å². The molecule has 0 aromatic carbocycles. The first-order chi connectivity index (χ1) is 7.75. The van der Waals surface area contributed by atoms with Crippen LogP contribution in [0.25, 0.3) is 6.08 Å². The molecule has 6 nitrogen and oxygen atoms in total. The van der Waals surface area contributed by atoms with Crippen molar-refractivity contribution in [2.75, 3.05) is 13.2 Å². The fraction of sp³-hybridized carbons (Fsp3) is 0.400. The molecule has 1 N–H and O–H groups in total. The van der Waals surface area contributed by atoms with Crippen LogP contribution in [-0.4, -0.2) is 29.4 Å². The average Bonchev–Trinajstić information content (AvgIpc) is 2.88. The highest BCUT2D eigenvalue weighted by Gasteiger charge is 2.23. The summed E-state index contributed by atoms with van der Waals surface area (Å²) in [7, 11) is 0. The Morgan fingerprint density at radius 2 is 2.38 bits per heavy atom. The first kappa shape index (κ1) is 10.8. The van der Waals surface area contributed by atoms with Crippen molar-refractivity contribution in [1.82, 2.24) is 4.98 Å². The van der Waals surface area contributed by atoms with Crippen LogP contribution in [0.2, 0.25) is 0 Å². The molecule has 16 heavy (non-hydrogen) atoms. The Morgan fingerprint density at radius 1 is 1.62 bits per heavy atom. The van der Waals surface area contributed by atoms with Gasteiger partial charge in [0.15, 0.2) is 6.29 Å². The molecule has 0 bridgehead atoms. The Hall–Kier alpha value is -1.66. The summed E-state index contributed by atoms with van der Waals surface area (Å²) < 4.78 is 10.4. The maximum Gasteiger partial charge on any atom is 0.253 e. The maximum absolute atomic E-state index is 10.8. The number of nitro groups is 1. The lowest BCUT2D eigenvalue weighted by Crippen LogP contribution is -2.12. The number of nitrogens with zero attached hydrogens (tertiary/aromatic N) is 1. The zero-order chi connectivity index (χ0) is 11.4. The summed E-state index contributed by atoms with van der Waals surface area (Å²) in [5.41, 5.74) is 0.777. The zero-order valence-corrected chi connectivity index (χ0v) is 8.59. The summed E-state index contributed by atoms with van der Waals surface area (Å²) in [5, 5.41) is 10.8. The largest absolute Gasteiger partial charge is 0.361 e. The monoisotopic (exact) mass is 224 g/mol. The highest BCUT2D eigenvalue weighted by molar-refractivity contribution is 5.46. The van der Waals surface area contributed by atoms with Crippen LogP contribution in [0.5, 0.6) is 0 Å². The van der Waals surface area contributed by atoms with Crippen molar-refractivity contribution in [2.45, 2.75) is 12.7 Å². The average molecular weight is 224 g/mol. The summed E-state index contributed by atoms with van der Waals surface area (Å²) in [6.45, 7) is 0.996. The standard InChI is InChI=1S/C10H12N2O4/c13-12(14)9(6-8-2-1-3-11-8)7-10-15-4-5-16-10/h1-3,6,10-11H,4-5,7H2/b9-6+. The fourth-order valence-electron chi connectivity index (χ4n) is 1.50. The molecule has 0 saturated carbocycles. The summed E-state index contributed by atoms with van der Waals surface area (Å²) >= 11 is 0. The van der Waals surface area contributed by atoms with Gasteiger partial charge in [-0.05, 0) is 12.1 Å². The quantitative estimate of drug-likeness (QED) is 0.619. The number of nitrogens with one attached hydrogen (secondary N) is 1. The predicted octanol–water partition coefficient (Wildman–Crippen LogP) is 1.40. The Balaban J connectivity index is 2.07. The molecule has 86 valence electrons. The molecule has 6 heteroatoms. The first-order valence-electron chi connectivity index (χ1n) is 4.97. The van der Waals surface area contributed by atoms with Crippen molar-refractivity contribution in [3.63, 3.8) is 0 Å². The van der Waals surface area contributed by atoms with Crippen LogP contribution in [0.1, 0.15) is 12.1 Å². The summed E-state index contributed by atoms with van der Waals surface area (Å²) in [4.78, 5) is 13.3. The van der Waals surface area contributed by atoms with E-state index < -0.39 is 11.2 Å². The summed E-state index contributed by atoms with van der Waals surface area (Å²) in [6.07, 6.45) is 2.87. The van der Waals surface area contributed by atoms with Crippen LogP contribution in [0.4, 0.5) is 0 Å². The van der Waals surface area contributed by atoms with Gasteiger partial charge in [-0.1, -0.05) is 0 Å². The van der Waals surface area contributed by atoms with Crippen LogP contribution >= 0.6 is 0 Å². The summed E-state index contributed by atoms with van der Waals surface area (Å²) in [5.74, 6) is 0. The third-order valence-electron chi connectivity index (χ3n) is 2.25. The van der Waals surface area contributed by atoms with Gasteiger partial charge in [-0.2, -0.15) is 0 Å². The van der Waals surface area contributed by atoms with Crippen LogP contribution in [0.3, 0.4) is 0 Å². The molecule has 2 heterocycles.